The Labute approximate surface area is 194 Å². The molecule has 0 heterocycles. The monoisotopic (exact) mass is 469 g/mol. The van der Waals surface area contributed by atoms with Crippen molar-refractivity contribution in [2.45, 2.75) is 30.5 Å². The molecular weight excluding hydrogens is 447 g/mol. The summed E-state index contributed by atoms with van der Waals surface area (Å²) >= 11 is 0. The minimum absolute atomic E-state index is 0.0101. The van der Waals surface area contributed by atoms with Crippen molar-refractivity contribution in [3.63, 3.8) is 0 Å². The summed E-state index contributed by atoms with van der Waals surface area (Å²) in [4.78, 5) is 24.3. The van der Waals surface area contributed by atoms with E-state index >= 15 is 0 Å². The molecule has 176 valence electrons. The van der Waals surface area contributed by atoms with Gasteiger partial charge < -0.3 is 15.6 Å². The van der Waals surface area contributed by atoms with Crippen molar-refractivity contribution in [1.29, 1.82) is 0 Å². The molecule has 8 heteroatoms. The van der Waals surface area contributed by atoms with Gasteiger partial charge in [0.2, 0.25) is 0 Å². The highest BCUT2D eigenvalue weighted by atomic mass is 19.4. The highest BCUT2D eigenvalue weighted by Gasteiger charge is 2.35. The van der Waals surface area contributed by atoms with Gasteiger partial charge in [0.05, 0.1) is 17.9 Å². The van der Waals surface area contributed by atoms with Crippen LogP contribution in [0.15, 0.2) is 72.8 Å². The third kappa shape index (κ3) is 4.68. The van der Waals surface area contributed by atoms with Crippen molar-refractivity contribution in [2.24, 2.45) is 5.73 Å². The summed E-state index contributed by atoms with van der Waals surface area (Å²) in [6, 6.07) is 18.3. The molecule has 4 rings (SSSR count). The van der Waals surface area contributed by atoms with E-state index in [4.69, 9.17) is 15.6 Å². The maximum absolute atomic E-state index is 13.1. The number of ether oxygens (including phenoxy) is 1. The number of carboxylic acid groups (broad SMARTS) is 1. The first-order chi connectivity index (χ1) is 16.2. The molecule has 3 aromatic carbocycles. The fourth-order valence-electron chi connectivity index (χ4n) is 4.45. The first-order valence-corrected chi connectivity index (χ1v) is 10.7. The second-order valence-electron chi connectivity index (χ2n) is 8.22. The van der Waals surface area contributed by atoms with E-state index in [2.05, 4.69) is 0 Å². The summed E-state index contributed by atoms with van der Waals surface area (Å²) < 4.78 is 44.5. The van der Waals surface area contributed by atoms with Crippen LogP contribution in [0.5, 0.6) is 0 Å². The average Bonchev–Trinajstić information content (AvgIpc) is 3.11. The van der Waals surface area contributed by atoms with Crippen molar-refractivity contribution in [3.8, 4) is 11.1 Å². The fraction of sp³-hybridized carbons (Fsp3) is 0.231. The number of nitrogens with two attached hydrogens (primary N) is 1. The zero-order valence-electron chi connectivity index (χ0n) is 18.0. The minimum atomic E-state index is -4.54. The van der Waals surface area contributed by atoms with Gasteiger partial charge in [0.15, 0.2) is 0 Å². The molecule has 3 N–H and O–H groups in total. The Morgan fingerprint density at radius 2 is 1.44 bits per heavy atom. The van der Waals surface area contributed by atoms with E-state index in [1.807, 2.05) is 48.5 Å². The maximum Gasteiger partial charge on any atom is 0.416 e. The molecule has 34 heavy (non-hydrogen) atoms. The predicted octanol–water partition coefficient (Wildman–Crippen LogP) is 4.95. The topological polar surface area (TPSA) is 89.6 Å². The molecule has 2 atom stereocenters. The number of carbonyl (C=O) groups is 2. The van der Waals surface area contributed by atoms with Gasteiger partial charge >= 0.3 is 18.1 Å². The number of fused-ring (bicyclic) bond motifs is 3. The van der Waals surface area contributed by atoms with Gasteiger partial charge in [-0.15, -0.1) is 0 Å². The van der Waals surface area contributed by atoms with Crippen LogP contribution in [0.3, 0.4) is 0 Å². The molecule has 0 radical (unpaired) electrons. The SMILES string of the molecule is N[C@@H](CC(=O)O)[C@@H](C(=O)OCC1c2ccccc2-c2ccccc21)c1ccc(C(F)(F)F)cc1. The summed E-state index contributed by atoms with van der Waals surface area (Å²) in [7, 11) is 0. The standard InChI is InChI=1S/C26H22F3NO4/c27-26(28,29)16-11-9-15(10-12-16)24(22(30)13-23(31)32)25(33)34-14-21-19-7-3-1-5-17(19)18-6-2-4-8-20(18)21/h1-12,21-22,24H,13-14,30H2,(H,31,32)/t22-,24-/m0/s1. The quantitative estimate of drug-likeness (QED) is 0.478. The van der Waals surface area contributed by atoms with Gasteiger partial charge in [-0.3, -0.25) is 9.59 Å². The number of halogens is 3. The molecule has 0 spiro atoms. The van der Waals surface area contributed by atoms with Crippen LogP contribution in [-0.2, 0) is 20.5 Å². The summed E-state index contributed by atoms with van der Waals surface area (Å²) in [5.41, 5.74) is 9.37. The maximum atomic E-state index is 13.1. The zero-order chi connectivity index (χ0) is 24.5. The Hall–Kier alpha value is -3.65. The molecule has 1 aliphatic carbocycles. The van der Waals surface area contributed by atoms with Gasteiger partial charge in [-0.05, 0) is 39.9 Å². The number of benzene rings is 3. The van der Waals surface area contributed by atoms with E-state index in [9.17, 15) is 22.8 Å². The third-order valence-corrected chi connectivity index (χ3v) is 6.04. The fourth-order valence-corrected chi connectivity index (χ4v) is 4.45. The van der Waals surface area contributed by atoms with Crippen LogP contribution in [0.2, 0.25) is 0 Å². The third-order valence-electron chi connectivity index (χ3n) is 6.04. The number of hydrogen-bond acceptors (Lipinski definition) is 4. The van der Waals surface area contributed by atoms with E-state index in [-0.39, 0.29) is 18.1 Å². The Kier molecular flexibility index (Phi) is 6.43. The Balaban J connectivity index is 1.59. The van der Waals surface area contributed by atoms with Gasteiger partial charge in [-0.1, -0.05) is 60.7 Å². The van der Waals surface area contributed by atoms with Crippen LogP contribution in [0.1, 0.15) is 40.5 Å². The number of hydrogen-bond donors (Lipinski definition) is 2. The lowest BCUT2D eigenvalue weighted by atomic mass is 9.89. The number of rotatable bonds is 7. The second kappa shape index (κ2) is 9.30. The molecule has 0 aromatic heterocycles. The van der Waals surface area contributed by atoms with Gasteiger partial charge in [0.25, 0.3) is 0 Å². The number of carbonyl (C=O) groups excluding carboxylic acids is 1. The molecule has 3 aromatic rings. The van der Waals surface area contributed by atoms with Crippen LogP contribution >= 0.6 is 0 Å². The van der Waals surface area contributed by atoms with Gasteiger partial charge in [0, 0.05) is 12.0 Å². The average molecular weight is 469 g/mol. The Bertz CT molecular complexity index is 1160. The molecule has 0 aliphatic heterocycles. The summed E-state index contributed by atoms with van der Waals surface area (Å²) in [6.07, 6.45) is -5.09. The van der Waals surface area contributed by atoms with Crippen molar-refractivity contribution in [1.82, 2.24) is 0 Å². The molecule has 5 nitrogen and oxygen atoms in total. The molecule has 0 fully saturated rings. The highest BCUT2D eigenvalue weighted by Crippen LogP contribution is 2.44. The smallest absolute Gasteiger partial charge is 0.416 e. The lowest BCUT2D eigenvalue weighted by Crippen LogP contribution is -2.37. The Morgan fingerprint density at radius 1 is 0.912 bits per heavy atom. The molecule has 1 aliphatic rings. The van der Waals surface area contributed by atoms with Gasteiger partial charge in [-0.2, -0.15) is 13.2 Å². The molecule has 0 saturated heterocycles. The number of aliphatic carboxylic acids is 1. The van der Waals surface area contributed by atoms with Crippen LogP contribution in [0.25, 0.3) is 11.1 Å². The minimum Gasteiger partial charge on any atom is -0.481 e. The predicted molar refractivity (Wildman–Crippen MR) is 119 cm³/mol. The van der Waals surface area contributed by atoms with Gasteiger partial charge in [0.1, 0.15) is 6.61 Å². The second-order valence-corrected chi connectivity index (χ2v) is 8.22. The van der Waals surface area contributed by atoms with Crippen LogP contribution in [-0.4, -0.2) is 29.7 Å². The first kappa shape index (κ1) is 23.5. The first-order valence-electron chi connectivity index (χ1n) is 10.7. The van der Waals surface area contributed by atoms with Crippen LogP contribution in [0.4, 0.5) is 13.2 Å². The number of esters is 1. The molecule has 0 unspecified atom stereocenters. The van der Waals surface area contributed by atoms with Crippen LogP contribution in [0, 0.1) is 0 Å². The van der Waals surface area contributed by atoms with E-state index in [1.54, 1.807) is 0 Å². The number of carboxylic acids is 1. The van der Waals surface area contributed by atoms with E-state index in [0.717, 1.165) is 46.5 Å². The number of alkyl halides is 3. The van der Waals surface area contributed by atoms with Crippen molar-refractivity contribution < 1.29 is 32.6 Å². The molecule has 0 bridgehead atoms. The van der Waals surface area contributed by atoms with Crippen LogP contribution < -0.4 is 5.73 Å². The van der Waals surface area contributed by atoms with E-state index < -0.39 is 42.1 Å². The molecule has 0 saturated carbocycles. The normalized spacial score (nSPS) is 14.7. The summed E-state index contributed by atoms with van der Waals surface area (Å²) in [6.45, 7) is -0.0101. The van der Waals surface area contributed by atoms with Gasteiger partial charge in [-0.25, -0.2) is 0 Å². The summed E-state index contributed by atoms with van der Waals surface area (Å²) in [5.74, 6) is -3.46. The highest BCUT2D eigenvalue weighted by molar-refractivity contribution is 5.82. The lowest BCUT2D eigenvalue weighted by molar-refractivity contribution is -0.146. The van der Waals surface area contributed by atoms with Crippen molar-refractivity contribution >= 4 is 11.9 Å². The largest absolute Gasteiger partial charge is 0.481 e. The molecule has 0 amide bonds. The van der Waals surface area contributed by atoms with Crippen molar-refractivity contribution in [2.75, 3.05) is 6.61 Å². The van der Waals surface area contributed by atoms with E-state index in [1.165, 1.54) is 0 Å². The zero-order valence-corrected chi connectivity index (χ0v) is 18.0. The molecular formula is C26H22F3NO4. The lowest BCUT2D eigenvalue weighted by Gasteiger charge is -2.23. The summed E-state index contributed by atoms with van der Waals surface area (Å²) in [5, 5.41) is 9.15. The van der Waals surface area contributed by atoms with Crippen molar-refractivity contribution in [3.05, 3.63) is 95.1 Å². The Morgan fingerprint density at radius 3 is 1.94 bits per heavy atom. The van der Waals surface area contributed by atoms with E-state index in [0.29, 0.717) is 0 Å².